The fourth-order valence-corrected chi connectivity index (χ4v) is 1.70. The minimum atomic E-state index is -0.201. The molecule has 0 bridgehead atoms. The molecule has 0 aliphatic heterocycles. The predicted molar refractivity (Wildman–Crippen MR) is 56.9 cm³/mol. The van der Waals surface area contributed by atoms with E-state index in [1.165, 1.54) is 18.1 Å². The summed E-state index contributed by atoms with van der Waals surface area (Å²) in [5.74, 6) is -0.201. The van der Waals surface area contributed by atoms with Crippen LogP contribution < -0.4 is 0 Å². The molecule has 0 amide bonds. The summed E-state index contributed by atoms with van der Waals surface area (Å²) in [7, 11) is 0. The lowest BCUT2D eigenvalue weighted by atomic mass is 10.00. The Kier molecular flexibility index (Phi) is 3.93. The largest absolute Gasteiger partial charge is 0.458 e. The first-order chi connectivity index (χ1) is 6.58. The molecule has 1 unspecified atom stereocenters. The van der Waals surface area contributed by atoms with Crippen LogP contribution in [0.3, 0.4) is 0 Å². The van der Waals surface area contributed by atoms with Gasteiger partial charge < -0.3 is 4.74 Å². The molecule has 0 saturated carbocycles. The highest BCUT2D eigenvalue weighted by atomic mass is 16.5. The van der Waals surface area contributed by atoms with E-state index in [0.29, 0.717) is 0 Å². The van der Waals surface area contributed by atoms with Gasteiger partial charge in [-0.25, -0.2) is 0 Å². The van der Waals surface area contributed by atoms with Crippen molar-refractivity contribution in [1.29, 1.82) is 0 Å². The van der Waals surface area contributed by atoms with Gasteiger partial charge in [-0.2, -0.15) is 0 Å². The maximum atomic E-state index is 10.9. The minimum absolute atomic E-state index is 0.0657. The molecule has 0 radical (unpaired) electrons. The molecule has 0 heterocycles. The summed E-state index contributed by atoms with van der Waals surface area (Å²) >= 11 is 0. The van der Waals surface area contributed by atoms with Crippen molar-refractivity contribution in [1.82, 2.24) is 0 Å². The summed E-state index contributed by atoms with van der Waals surface area (Å²) in [5.41, 5.74) is 2.61. The molecule has 0 aromatic heterocycles. The Morgan fingerprint density at radius 1 is 1.43 bits per heavy atom. The summed E-state index contributed by atoms with van der Waals surface area (Å²) in [6, 6.07) is 0. The Morgan fingerprint density at radius 2 is 2.14 bits per heavy atom. The summed E-state index contributed by atoms with van der Waals surface area (Å²) in [6.07, 6.45) is 7.22. The Labute approximate surface area is 85.6 Å². The first kappa shape index (κ1) is 11.0. The normalized spacial score (nSPS) is 30.4. The fourth-order valence-electron chi connectivity index (χ4n) is 1.70. The number of allylic oxidation sites excluding steroid dienone is 2. The predicted octanol–water partition coefficient (Wildman–Crippen LogP) is 2.99. The van der Waals surface area contributed by atoms with Crippen molar-refractivity contribution >= 4 is 5.97 Å². The third-order valence-corrected chi connectivity index (χ3v) is 2.34. The zero-order valence-electron chi connectivity index (χ0n) is 9.17. The van der Waals surface area contributed by atoms with E-state index in [-0.39, 0.29) is 12.1 Å². The standard InChI is InChI=1S/C12H18O2/c1-9-5-4-6-10(2)8-12(7-9)14-11(3)13/h5,8,12H,4,6-7H2,1-3H3/b9-5-,10-8-. The van der Waals surface area contributed by atoms with E-state index in [1.807, 2.05) is 0 Å². The van der Waals surface area contributed by atoms with E-state index in [9.17, 15) is 4.79 Å². The van der Waals surface area contributed by atoms with Gasteiger partial charge in [0.15, 0.2) is 0 Å². The lowest BCUT2D eigenvalue weighted by molar-refractivity contribution is -0.144. The van der Waals surface area contributed by atoms with E-state index in [1.54, 1.807) is 0 Å². The summed E-state index contributed by atoms with van der Waals surface area (Å²) in [6.45, 7) is 5.64. The second-order valence-corrected chi connectivity index (χ2v) is 3.95. The van der Waals surface area contributed by atoms with Crippen molar-refractivity contribution in [2.24, 2.45) is 0 Å². The molecular weight excluding hydrogens is 176 g/mol. The monoisotopic (exact) mass is 194 g/mol. The lowest BCUT2D eigenvalue weighted by Crippen LogP contribution is -2.15. The molecule has 1 rings (SSSR count). The Bertz CT molecular complexity index is 274. The lowest BCUT2D eigenvalue weighted by Gasteiger charge is -2.17. The molecule has 0 spiro atoms. The number of hydrogen-bond donors (Lipinski definition) is 0. The van der Waals surface area contributed by atoms with Gasteiger partial charge in [0.05, 0.1) is 0 Å². The third-order valence-electron chi connectivity index (χ3n) is 2.34. The molecule has 0 fully saturated rings. The van der Waals surface area contributed by atoms with Crippen molar-refractivity contribution in [3.05, 3.63) is 23.3 Å². The van der Waals surface area contributed by atoms with Crippen LogP contribution in [-0.4, -0.2) is 12.1 Å². The molecule has 1 aliphatic carbocycles. The number of esters is 1. The van der Waals surface area contributed by atoms with E-state index >= 15 is 0 Å². The van der Waals surface area contributed by atoms with Crippen molar-refractivity contribution in [2.45, 2.75) is 46.1 Å². The minimum Gasteiger partial charge on any atom is -0.458 e. The van der Waals surface area contributed by atoms with E-state index in [0.717, 1.165) is 19.3 Å². The van der Waals surface area contributed by atoms with Crippen molar-refractivity contribution in [2.75, 3.05) is 0 Å². The molecule has 14 heavy (non-hydrogen) atoms. The summed E-state index contributed by atoms with van der Waals surface area (Å²) in [4.78, 5) is 10.9. The van der Waals surface area contributed by atoms with Crippen LogP contribution in [0.2, 0.25) is 0 Å². The first-order valence-electron chi connectivity index (χ1n) is 5.08. The van der Waals surface area contributed by atoms with Crippen LogP contribution in [0, 0.1) is 0 Å². The maximum Gasteiger partial charge on any atom is 0.303 e. The van der Waals surface area contributed by atoms with Crippen molar-refractivity contribution in [3.8, 4) is 0 Å². The average Bonchev–Trinajstić information content (AvgIpc) is 1.99. The molecule has 78 valence electrons. The molecule has 2 heteroatoms. The summed E-state index contributed by atoms with van der Waals surface area (Å²) in [5, 5.41) is 0. The third kappa shape index (κ3) is 3.77. The fraction of sp³-hybridized carbons (Fsp3) is 0.583. The van der Waals surface area contributed by atoms with Crippen LogP contribution in [-0.2, 0) is 9.53 Å². The van der Waals surface area contributed by atoms with Gasteiger partial charge in [0.25, 0.3) is 0 Å². The number of rotatable bonds is 1. The number of carbonyl (C=O) groups excluding carboxylic acids is 1. The molecule has 0 aromatic rings. The van der Waals surface area contributed by atoms with Crippen molar-refractivity contribution in [3.63, 3.8) is 0 Å². The quantitative estimate of drug-likeness (QED) is 0.474. The SMILES string of the molecule is CC(=O)OC1/C=C(/C)CC/C=C(/C)C1. The Morgan fingerprint density at radius 3 is 2.79 bits per heavy atom. The number of ether oxygens (including phenoxy) is 1. The maximum absolute atomic E-state index is 10.9. The summed E-state index contributed by atoms with van der Waals surface area (Å²) < 4.78 is 5.21. The van der Waals surface area contributed by atoms with Gasteiger partial charge in [0, 0.05) is 13.3 Å². The molecular formula is C12H18O2. The smallest absolute Gasteiger partial charge is 0.303 e. The van der Waals surface area contributed by atoms with E-state index < -0.39 is 0 Å². The highest BCUT2D eigenvalue weighted by Crippen LogP contribution is 2.18. The van der Waals surface area contributed by atoms with Gasteiger partial charge in [-0.15, -0.1) is 0 Å². The highest BCUT2D eigenvalue weighted by molar-refractivity contribution is 5.66. The van der Waals surface area contributed by atoms with Crippen LogP contribution in [0.1, 0.15) is 40.0 Å². The first-order valence-corrected chi connectivity index (χ1v) is 5.08. The van der Waals surface area contributed by atoms with Gasteiger partial charge in [-0.1, -0.05) is 17.2 Å². The van der Waals surface area contributed by atoms with Gasteiger partial charge in [-0.3, -0.25) is 4.79 Å². The zero-order chi connectivity index (χ0) is 10.6. The van der Waals surface area contributed by atoms with Gasteiger partial charge in [0.1, 0.15) is 6.10 Å². The van der Waals surface area contributed by atoms with Gasteiger partial charge in [0.2, 0.25) is 0 Å². The van der Waals surface area contributed by atoms with Crippen molar-refractivity contribution < 1.29 is 9.53 Å². The van der Waals surface area contributed by atoms with E-state index in [2.05, 4.69) is 26.0 Å². The number of hydrogen-bond acceptors (Lipinski definition) is 2. The van der Waals surface area contributed by atoms with Crippen LogP contribution in [0.15, 0.2) is 23.3 Å². The van der Waals surface area contributed by atoms with Gasteiger partial charge in [-0.05, 0) is 32.8 Å². The van der Waals surface area contributed by atoms with Crippen LogP contribution in [0.25, 0.3) is 0 Å². The molecule has 0 N–H and O–H groups in total. The topological polar surface area (TPSA) is 26.3 Å². The molecule has 0 saturated heterocycles. The van der Waals surface area contributed by atoms with Crippen LogP contribution >= 0.6 is 0 Å². The van der Waals surface area contributed by atoms with Gasteiger partial charge >= 0.3 is 5.97 Å². The second kappa shape index (κ2) is 4.99. The zero-order valence-corrected chi connectivity index (χ0v) is 9.17. The van der Waals surface area contributed by atoms with Crippen LogP contribution in [0.5, 0.6) is 0 Å². The molecule has 0 aromatic carbocycles. The van der Waals surface area contributed by atoms with Crippen LogP contribution in [0.4, 0.5) is 0 Å². The second-order valence-electron chi connectivity index (χ2n) is 3.95. The number of carbonyl (C=O) groups is 1. The molecule has 1 atom stereocenters. The Hall–Kier alpha value is -1.05. The molecule has 1 aliphatic rings. The molecule has 2 nitrogen and oxygen atoms in total. The highest BCUT2D eigenvalue weighted by Gasteiger charge is 2.11. The Balaban J connectivity index is 2.68. The van der Waals surface area contributed by atoms with E-state index in [4.69, 9.17) is 4.74 Å². The average molecular weight is 194 g/mol.